The number of aromatic nitrogens is 1. The van der Waals surface area contributed by atoms with Crippen LogP contribution in [0.2, 0.25) is 5.02 Å². The molecule has 0 saturated carbocycles. The number of benzene rings is 1. The predicted octanol–water partition coefficient (Wildman–Crippen LogP) is 2.74. The van der Waals surface area contributed by atoms with E-state index in [1.165, 1.54) is 0 Å². The number of halogens is 1. The van der Waals surface area contributed by atoms with Gasteiger partial charge in [0.2, 0.25) is 5.88 Å². The van der Waals surface area contributed by atoms with Crippen LogP contribution in [0.3, 0.4) is 0 Å². The predicted molar refractivity (Wildman–Crippen MR) is 74.4 cm³/mol. The summed E-state index contributed by atoms with van der Waals surface area (Å²) in [6.07, 6.45) is 1.70. The summed E-state index contributed by atoms with van der Waals surface area (Å²) in [6.45, 7) is 1.14. The first kappa shape index (κ1) is 13.6. The Bertz CT molecular complexity index is 541. The van der Waals surface area contributed by atoms with Crippen molar-refractivity contribution in [2.45, 2.75) is 13.1 Å². The molecule has 0 bridgehead atoms. The molecule has 100 valence electrons. The first-order valence-electron chi connectivity index (χ1n) is 5.86. The Kier molecular flexibility index (Phi) is 4.60. The molecule has 4 nitrogen and oxygen atoms in total. The van der Waals surface area contributed by atoms with Gasteiger partial charge in [0.25, 0.3) is 0 Å². The number of pyridine rings is 1. The van der Waals surface area contributed by atoms with Crippen LogP contribution in [0.1, 0.15) is 11.1 Å². The van der Waals surface area contributed by atoms with Gasteiger partial charge in [0.15, 0.2) is 0 Å². The molecule has 0 fully saturated rings. The second-order valence-corrected chi connectivity index (χ2v) is 4.45. The zero-order valence-electron chi connectivity index (χ0n) is 10.6. The zero-order chi connectivity index (χ0) is 13.7. The van der Waals surface area contributed by atoms with Crippen molar-refractivity contribution in [3.8, 4) is 11.6 Å². The highest BCUT2D eigenvalue weighted by molar-refractivity contribution is 6.31. The largest absolute Gasteiger partial charge is 0.508 e. The molecule has 0 spiro atoms. The van der Waals surface area contributed by atoms with E-state index in [1.807, 2.05) is 12.1 Å². The molecule has 2 aromatic rings. The number of hydrogen-bond donors (Lipinski definition) is 2. The molecular formula is C14H15ClN2O2. The van der Waals surface area contributed by atoms with E-state index in [9.17, 15) is 5.11 Å². The molecule has 0 unspecified atom stereocenters. The van der Waals surface area contributed by atoms with Gasteiger partial charge in [-0.3, -0.25) is 0 Å². The van der Waals surface area contributed by atoms with Gasteiger partial charge in [-0.25, -0.2) is 4.98 Å². The molecule has 2 rings (SSSR count). The second kappa shape index (κ2) is 6.41. The smallest absolute Gasteiger partial charge is 0.213 e. The minimum atomic E-state index is 0.201. The molecule has 1 aromatic heterocycles. The number of phenolic OH excluding ortho intramolecular Hbond substituents is 1. The third kappa shape index (κ3) is 3.59. The molecule has 0 amide bonds. The summed E-state index contributed by atoms with van der Waals surface area (Å²) in [4.78, 5) is 4.04. The van der Waals surface area contributed by atoms with E-state index in [1.54, 1.807) is 31.5 Å². The molecule has 0 atom stereocenters. The number of hydrogen-bond acceptors (Lipinski definition) is 4. The summed E-state index contributed by atoms with van der Waals surface area (Å²) in [5, 5.41) is 13.5. The van der Waals surface area contributed by atoms with E-state index >= 15 is 0 Å². The molecular weight excluding hydrogens is 264 g/mol. The molecule has 0 aliphatic rings. The Morgan fingerprint density at radius 2 is 2.16 bits per heavy atom. The molecule has 0 saturated heterocycles. The van der Waals surface area contributed by atoms with Gasteiger partial charge in [-0.2, -0.15) is 0 Å². The van der Waals surface area contributed by atoms with Gasteiger partial charge in [-0.05, 0) is 23.8 Å². The normalized spacial score (nSPS) is 10.4. The Balaban J connectivity index is 1.96. The van der Waals surface area contributed by atoms with Crippen LogP contribution < -0.4 is 10.1 Å². The Morgan fingerprint density at radius 3 is 2.89 bits per heavy atom. The maximum Gasteiger partial charge on any atom is 0.213 e. The number of methoxy groups -OCH3 is 1. The minimum absolute atomic E-state index is 0.201. The quantitative estimate of drug-likeness (QED) is 0.883. The summed E-state index contributed by atoms with van der Waals surface area (Å²) in [6, 6.07) is 8.86. The van der Waals surface area contributed by atoms with Gasteiger partial charge in [0, 0.05) is 35.9 Å². The average molecular weight is 279 g/mol. The topological polar surface area (TPSA) is 54.4 Å². The number of rotatable bonds is 5. The summed E-state index contributed by atoms with van der Waals surface area (Å²) in [5.41, 5.74) is 1.75. The highest BCUT2D eigenvalue weighted by atomic mass is 35.5. The van der Waals surface area contributed by atoms with E-state index in [0.29, 0.717) is 29.6 Å². The molecule has 1 aromatic carbocycles. The molecule has 0 aliphatic heterocycles. The number of ether oxygens (including phenoxy) is 1. The summed E-state index contributed by atoms with van der Waals surface area (Å²) in [5.74, 6) is 0.784. The fourth-order valence-electron chi connectivity index (χ4n) is 1.73. The standard InChI is InChI=1S/C14H15ClN2O2/c1-19-14-7-10(5-6-17-14)8-16-9-11-12(15)3-2-4-13(11)18/h2-7,16,18H,8-9H2,1H3. The molecule has 5 heteroatoms. The maximum absolute atomic E-state index is 9.72. The van der Waals surface area contributed by atoms with Crippen molar-refractivity contribution in [2.24, 2.45) is 0 Å². The third-order valence-electron chi connectivity index (χ3n) is 2.73. The number of phenols is 1. The molecule has 0 aliphatic carbocycles. The molecule has 1 heterocycles. The van der Waals surface area contributed by atoms with Crippen molar-refractivity contribution in [3.05, 3.63) is 52.7 Å². The van der Waals surface area contributed by atoms with Crippen molar-refractivity contribution >= 4 is 11.6 Å². The van der Waals surface area contributed by atoms with Crippen molar-refractivity contribution in [1.82, 2.24) is 10.3 Å². The lowest BCUT2D eigenvalue weighted by Crippen LogP contribution is -2.13. The van der Waals surface area contributed by atoms with Gasteiger partial charge in [-0.15, -0.1) is 0 Å². The Morgan fingerprint density at radius 1 is 1.32 bits per heavy atom. The fourth-order valence-corrected chi connectivity index (χ4v) is 1.96. The summed E-state index contributed by atoms with van der Waals surface area (Å²) < 4.78 is 5.06. The molecule has 19 heavy (non-hydrogen) atoms. The van der Waals surface area contributed by atoms with Gasteiger partial charge >= 0.3 is 0 Å². The monoisotopic (exact) mass is 278 g/mol. The second-order valence-electron chi connectivity index (χ2n) is 4.05. The van der Waals surface area contributed by atoms with Crippen LogP contribution in [0.4, 0.5) is 0 Å². The van der Waals surface area contributed by atoms with Gasteiger partial charge in [-0.1, -0.05) is 17.7 Å². The SMILES string of the molecule is COc1cc(CNCc2c(O)cccc2Cl)ccn1. The lowest BCUT2D eigenvalue weighted by Gasteiger charge is -2.09. The summed E-state index contributed by atoms with van der Waals surface area (Å²) in [7, 11) is 1.58. The van der Waals surface area contributed by atoms with E-state index < -0.39 is 0 Å². The van der Waals surface area contributed by atoms with Crippen LogP contribution in [0.25, 0.3) is 0 Å². The van der Waals surface area contributed by atoms with E-state index in [-0.39, 0.29) is 5.75 Å². The van der Waals surface area contributed by atoms with Gasteiger partial charge in [0.1, 0.15) is 5.75 Å². The highest BCUT2D eigenvalue weighted by Gasteiger charge is 2.05. The fraction of sp³-hybridized carbons (Fsp3) is 0.214. The molecule has 2 N–H and O–H groups in total. The summed E-state index contributed by atoms with van der Waals surface area (Å²) >= 11 is 6.03. The maximum atomic E-state index is 9.72. The van der Waals surface area contributed by atoms with Crippen LogP contribution in [0.15, 0.2) is 36.5 Å². The minimum Gasteiger partial charge on any atom is -0.508 e. The Hall–Kier alpha value is -1.78. The van der Waals surface area contributed by atoms with Crippen molar-refractivity contribution < 1.29 is 9.84 Å². The van der Waals surface area contributed by atoms with Gasteiger partial charge < -0.3 is 15.2 Å². The van der Waals surface area contributed by atoms with Gasteiger partial charge in [0.05, 0.1) is 7.11 Å². The first-order valence-corrected chi connectivity index (χ1v) is 6.24. The van der Waals surface area contributed by atoms with Crippen molar-refractivity contribution in [1.29, 1.82) is 0 Å². The van der Waals surface area contributed by atoms with E-state index in [0.717, 1.165) is 5.56 Å². The lowest BCUT2D eigenvalue weighted by atomic mass is 10.2. The average Bonchev–Trinajstić information content (AvgIpc) is 2.42. The van der Waals surface area contributed by atoms with Crippen LogP contribution in [0, 0.1) is 0 Å². The number of aromatic hydroxyl groups is 1. The molecule has 0 radical (unpaired) electrons. The number of nitrogens with zero attached hydrogens (tertiary/aromatic N) is 1. The highest BCUT2D eigenvalue weighted by Crippen LogP contribution is 2.24. The van der Waals surface area contributed by atoms with Crippen LogP contribution in [-0.4, -0.2) is 17.2 Å². The van der Waals surface area contributed by atoms with E-state index in [4.69, 9.17) is 16.3 Å². The third-order valence-corrected chi connectivity index (χ3v) is 3.09. The number of nitrogens with one attached hydrogen (secondary N) is 1. The van der Waals surface area contributed by atoms with Crippen LogP contribution in [-0.2, 0) is 13.1 Å². The van der Waals surface area contributed by atoms with Crippen molar-refractivity contribution in [3.63, 3.8) is 0 Å². The van der Waals surface area contributed by atoms with Crippen LogP contribution >= 0.6 is 11.6 Å². The van der Waals surface area contributed by atoms with Crippen molar-refractivity contribution in [2.75, 3.05) is 7.11 Å². The lowest BCUT2D eigenvalue weighted by molar-refractivity contribution is 0.397. The zero-order valence-corrected chi connectivity index (χ0v) is 11.3. The first-order chi connectivity index (χ1) is 9.20. The van der Waals surface area contributed by atoms with E-state index in [2.05, 4.69) is 10.3 Å². The Labute approximate surface area is 117 Å². The van der Waals surface area contributed by atoms with Crippen LogP contribution in [0.5, 0.6) is 11.6 Å².